The summed E-state index contributed by atoms with van der Waals surface area (Å²) in [7, 11) is 1.54. The van der Waals surface area contributed by atoms with Crippen molar-refractivity contribution in [3.8, 4) is 5.75 Å². The molecule has 1 aromatic carbocycles. The second-order valence-corrected chi connectivity index (χ2v) is 3.98. The first kappa shape index (κ1) is 12.4. The third-order valence-corrected chi connectivity index (χ3v) is 2.66. The lowest BCUT2D eigenvalue weighted by atomic mass is 10.1. The Morgan fingerprint density at radius 2 is 2.13 bits per heavy atom. The van der Waals surface area contributed by atoms with Crippen molar-refractivity contribution in [1.29, 1.82) is 0 Å². The van der Waals surface area contributed by atoms with Crippen LogP contribution in [0.5, 0.6) is 5.75 Å². The molecule has 15 heavy (non-hydrogen) atoms. The Balaban J connectivity index is 2.82. The lowest BCUT2D eigenvalue weighted by Gasteiger charge is -2.13. The van der Waals surface area contributed by atoms with Gasteiger partial charge in [0.25, 0.3) is 0 Å². The van der Waals surface area contributed by atoms with E-state index in [1.165, 1.54) is 0 Å². The van der Waals surface area contributed by atoms with E-state index in [1.54, 1.807) is 25.3 Å². The number of hydrogen-bond acceptors (Lipinski definition) is 2. The number of rotatable bonds is 4. The van der Waals surface area contributed by atoms with Gasteiger partial charge in [0, 0.05) is 12.5 Å². The highest BCUT2D eigenvalue weighted by Crippen LogP contribution is 2.28. The molecule has 0 bridgehead atoms. The summed E-state index contributed by atoms with van der Waals surface area (Å²) in [6.45, 7) is 0. The molecule has 1 atom stereocenters. The molecule has 0 radical (unpaired) electrons. The zero-order valence-corrected chi connectivity index (χ0v) is 9.80. The molecule has 1 rings (SSSR count). The Morgan fingerprint density at radius 1 is 1.47 bits per heavy atom. The van der Waals surface area contributed by atoms with Gasteiger partial charge in [-0.05, 0) is 33.6 Å². The van der Waals surface area contributed by atoms with E-state index < -0.39 is 12.5 Å². The first-order valence-corrected chi connectivity index (χ1v) is 5.21. The van der Waals surface area contributed by atoms with E-state index in [0.29, 0.717) is 15.8 Å². The predicted octanol–water partition coefficient (Wildman–Crippen LogP) is 3.11. The standard InChI is InChI=1S/C10H12BrF2NO/c1-15-9-3-2-6(4-7(9)11)8(14)5-10(12)13/h2-4,8,10H,5,14H2,1H3/t8-/m0/s1. The van der Waals surface area contributed by atoms with Crippen LogP contribution in [0.2, 0.25) is 0 Å². The molecule has 0 aliphatic heterocycles. The van der Waals surface area contributed by atoms with Gasteiger partial charge in [0.1, 0.15) is 5.75 Å². The van der Waals surface area contributed by atoms with Crippen molar-refractivity contribution < 1.29 is 13.5 Å². The third-order valence-electron chi connectivity index (χ3n) is 2.04. The smallest absolute Gasteiger partial charge is 0.240 e. The first-order chi connectivity index (χ1) is 7.04. The van der Waals surface area contributed by atoms with Crippen LogP contribution < -0.4 is 10.5 Å². The third kappa shape index (κ3) is 3.43. The molecule has 0 aliphatic carbocycles. The molecule has 1 aromatic rings. The Hall–Kier alpha value is -0.680. The SMILES string of the molecule is COc1ccc([C@@H](N)CC(F)F)cc1Br. The monoisotopic (exact) mass is 279 g/mol. The van der Waals surface area contributed by atoms with Crippen molar-refractivity contribution in [2.45, 2.75) is 18.9 Å². The van der Waals surface area contributed by atoms with Crippen LogP contribution in [0.1, 0.15) is 18.0 Å². The Labute approximate surface area is 95.5 Å². The van der Waals surface area contributed by atoms with Crippen molar-refractivity contribution in [3.05, 3.63) is 28.2 Å². The number of alkyl halides is 2. The van der Waals surface area contributed by atoms with Crippen LogP contribution in [0.3, 0.4) is 0 Å². The maximum absolute atomic E-state index is 12.1. The quantitative estimate of drug-likeness (QED) is 0.919. The van der Waals surface area contributed by atoms with Crippen molar-refractivity contribution in [3.63, 3.8) is 0 Å². The zero-order chi connectivity index (χ0) is 11.4. The van der Waals surface area contributed by atoms with Gasteiger partial charge in [-0.1, -0.05) is 6.07 Å². The second kappa shape index (κ2) is 5.42. The molecule has 5 heteroatoms. The Morgan fingerprint density at radius 3 is 2.60 bits per heavy atom. The van der Waals surface area contributed by atoms with Crippen molar-refractivity contribution in [1.82, 2.24) is 0 Å². The molecule has 0 amide bonds. The van der Waals surface area contributed by atoms with E-state index in [1.807, 2.05) is 0 Å². The number of nitrogens with two attached hydrogens (primary N) is 1. The average molecular weight is 280 g/mol. The highest BCUT2D eigenvalue weighted by Gasteiger charge is 2.14. The largest absolute Gasteiger partial charge is 0.496 e. The summed E-state index contributed by atoms with van der Waals surface area (Å²) in [5.74, 6) is 0.656. The highest BCUT2D eigenvalue weighted by molar-refractivity contribution is 9.10. The zero-order valence-electron chi connectivity index (χ0n) is 8.21. The van der Waals surface area contributed by atoms with Gasteiger partial charge in [0.2, 0.25) is 6.43 Å². The second-order valence-electron chi connectivity index (χ2n) is 3.13. The van der Waals surface area contributed by atoms with Gasteiger partial charge in [-0.3, -0.25) is 0 Å². The van der Waals surface area contributed by atoms with E-state index in [4.69, 9.17) is 10.5 Å². The summed E-state index contributed by atoms with van der Waals surface area (Å²) < 4.78 is 29.9. The molecule has 0 aromatic heterocycles. The number of ether oxygens (including phenoxy) is 1. The van der Waals surface area contributed by atoms with Gasteiger partial charge < -0.3 is 10.5 Å². The normalized spacial score (nSPS) is 12.9. The van der Waals surface area contributed by atoms with Crippen LogP contribution in [-0.2, 0) is 0 Å². The maximum atomic E-state index is 12.1. The fourth-order valence-corrected chi connectivity index (χ4v) is 1.80. The molecule has 0 saturated carbocycles. The minimum atomic E-state index is -2.39. The number of methoxy groups -OCH3 is 1. The van der Waals surface area contributed by atoms with Crippen LogP contribution in [-0.4, -0.2) is 13.5 Å². The van der Waals surface area contributed by atoms with Gasteiger partial charge in [-0.25, -0.2) is 8.78 Å². The number of halogens is 3. The summed E-state index contributed by atoms with van der Waals surface area (Å²) in [6, 6.07) is 4.44. The van der Waals surface area contributed by atoms with Gasteiger partial charge in [-0.2, -0.15) is 0 Å². The van der Waals surface area contributed by atoms with Crippen molar-refractivity contribution in [2.24, 2.45) is 5.73 Å². The molecular weight excluding hydrogens is 268 g/mol. The minimum Gasteiger partial charge on any atom is -0.496 e. The molecular formula is C10H12BrF2NO. The van der Waals surface area contributed by atoms with Crippen LogP contribution in [0.4, 0.5) is 8.78 Å². The highest BCUT2D eigenvalue weighted by atomic mass is 79.9. The van der Waals surface area contributed by atoms with Gasteiger partial charge in [-0.15, -0.1) is 0 Å². The molecule has 0 spiro atoms. The predicted molar refractivity (Wildman–Crippen MR) is 58.2 cm³/mol. The Kier molecular flexibility index (Phi) is 4.47. The summed E-state index contributed by atoms with van der Waals surface area (Å²) >= 11 is 3.27. The molecule has 0 unspecified atom stereocenters. The van der Waals surface area contributed by atoms with Crippen LogP contribution >= 0.6 is 15.9 Å². The fourth-order valence-electron chi connectivity index (χ4n) is 1.24. The van der Waals surface area contributed by atoms with Crippen molar-refractivity contribution in [2.75, 3.05) is 7.11 Å². The number of hydrogen-bond donors (Lipinski definition) is 1. The van der Waals surface area contributed by atoms with Crippen molar-refractivity contribution >= 4 is 15.9 Å². The van der Waals surface area contributed by atoms with E-state index in [9.17, 15) is 8.78 Å². The van der Waals surface area contributed by atoms with E-state index in [-0.39, 0.29) is 6.42 Å². The van der Waals surface area contributed by atoms with Gasteiger partial charge in [0.15, 0.2) is 0 Å². The van der Waals surface area contributed by atoms with E-state index >= 15 is 0 Å². The van der Waals surface area contributed by atoms with E-state index in [0.717, 1.165) is 0 Å². The molecule has 0 fully saturated rings. The Bertz CT molecular complexity index is 333. The van der Waals surface area contributed by atoms with E-state index in [2.05, 4.69) is 15.9 Å². The van der Waals surface area contributed by atoms with Crippen LogP contribution in [0.25, 0.3) is 0 Å². The van der Waals surface area contributed by atoms with Crippen LogP contribution in [0, 0.1) is 0 Å². The number of benzene rings is 1. The molecule has 2 N–H and O–H groups in total. The summed E-state index contributed by atoms with van der Waals surface area (Å²) in [5, 5.41) is 0. The summed E-state index contributed by atoms with van der Waals surface area (Å²) in [4.78, 5) is 0. The average Bonchev–Trinajstić information content (AvgIpc) is 2.16. The van der Waals surface area contributed by atoms with Crippen LogP contribution in [0.15, 0.2) is 22.7 Å². The minimum absolute atomic E-state index is 0.335. The molecule has 84 valence electrons. The molecule has 0 aliphatic rings. The first-order valence-electron chi connectivity index (χ1n) is 4.41. The maximum Gasteiger partial charge on any atom is 0.240 e. The molecule has 0 saturated heterocycles. The molecule has 2 nitrogen and oxygen atoms in total. The topological polar surface area (TPSA) is 35.2 Å². The fraction of sp³-hybridized carbons (Fsp3) is 0.400. The lowest BCUT2D eigenvalue weighted by molar-refractivity contribution is 0.128. The molecule has 0 heterocycles. The summed E-state index contributed by atoms with van der Waals surface area (Å²) in [5.41, 5.74) is 6.28. The van der Waals surface area contributed by atoms with Gasteiger partial charge in [0.05, 0.1) is 11.6 Å². The lowest BCUT2D eigenvalue weighted by Crippen LogP contribution is -2.13. The van der Waals surface area contributed by atoms with Gasteiger partial charge >= 0.3 is 0 Å². The summed E-state index contributed by atoms with van der Waals surface area (Å²) in [6.07, 6.45) is -2.72.